The summed E-state index contributed by atoms with van der Waals surface area (Å²) in [5.74, 6) is 7.47. The Morgan fingerprint density at radius 2 is 2.42 bits per heavy atom. The summed E-state index contributed by atoms with van der Waals surface area (Å²) >= 11 is 7.73. The summed E-state index contributed by atoms with van der Waals surface area (Å²) in [5.41, 5.74) is 3.44. The van der Waals surface area contributed by atoms with Crippen LogP contribution < -0.4 is 11.3 Å². The Hall–Kier alpha value is -0.330. The Bertz CT molecular complexity index is 432. The van der Waals surface area contributed by atoms with Gasteiger partial charge in [-0.2, -0.15) is 11.8 Å². The highest BCUT2D eigenvalue weighted by atomic mass is 35.5. The minimum Gasteiger partial charge on any atom is -0.300 e. The zero-order valence-corrected chi connectivity index (χ0v) is 12.5. The van der Waals surface area contributed by atoms with E-state index in [1.165, 1.54) is 0 Å². The summed E-state index contributed by atoms with van der Waals surface area (Å²) in [6.45, 7) is 1.03. The van der Waals surface area contributed by atoms with Crippen LogP contribution in [0.1, 0.15) is 5.56 Å². The summed E-state index contributed by atoms with van der Waals surface area (Å²) in [6.07, 6.45) is 0.540. The van der Waals surface area contributed by atoms with Crippen LogP contribution in [-0.2, 0) is 6.42 Å². The predicted molar refractivity (Wildman–Crippen MR) is 80.0 cm³/mol. The van der Waals surface area contributed by atoms with Crippen LogP contribution in [-0.4, -0.2) is 42.1 Å². The molecule has 106 valence electrons. The summed E-state index contributed by atoms with van der Waals surface area (Å²) in [7, 11) is 2.09. The lowest BCUT2D eigenvalue weighted by Crippen LogP contribution is -2.55. The summed E-state index contributed by atoms with van der Waals surface area (Å²) in [6, 6.07) is 5.43. The number of benzene rings is 1. The number of hydrazine groups is 1. The molecule has 0 aliphatic carbocycles. The van der Waals surface area contributed by atoms with Crippen LogP contribution in [0.15, 0.2) is 18.2 Å². The topological polar surface area (TPSA) is 41.3 Å². The van der Waals surface area contributed by atoms with Crippen molar-refractivity contribution in [2.75, 3.05) is 25.1 Å². The van der Waals surface area contributed by atoms with Crippen molar-refractivity contribution in [2.24, 2.45) is 5.84 Å². The molecule has 2 atom stereocenters. The third-order valence-electron chi connectivity index (χ3n) is 3.59. The van der Waals surface area contributed by atoms with E-state index in [0.717, 1.165) is 18.1 Å². The van der Waals surface area contributed by atoms with Crippen LogP contribution in [0.2, 0.25) is 5.02 Å². The van der Waals surface area contributed by atoms with Gasteiger partial charge < -0.3 is 4.90 Å². The molecule has 2 unspecified atom stereocenters. The van der Waals surface area contributed by atoms with Gasteiger partial charge in [0.25, 0.3) is 0 Å². The highest BCUT2D eigenvalue weighted by Gasteiger charge is 2.28. The average Bonchev–Trinajstić information content (AvgIpc) is 2.41. The molecule has 6 heteroatoms. The fourth-order valence-corrected chi connectivity index (χ4v) is 3.88. The molecule has 0 amide bonds. The van der Waals surface area contributed by atoms with Crippen molar-refractivity contribution in [3.63, 3.8) is 0 Å². The van der Waals surface area contributed by atoms with Gasteiger partial charge in [-0.15, -0.1) is 0 Å². The van der Waals surface area contributed by atoms with E-state index in [9.17, 15) is 4.39 Å². The van der Waals surface area contributed by atoms with Crippen molar-refractivity contribution in [1.29, 1.82) is 0 Å². The first-order valence-corrected chi connectivity index (χ1v) is 7.83. The van der Waals surface area contributed by atoms with E-state index < -0.39 is 0 Å². The van der Waals surface area contributed by atoms with Gasteiger partial charge in [0, 0.05) is 30.1 Å². The number of hydrogen-bond acceptors (Lipinski definition) is 4. The molecule has 1 saturated heterocycles. The van der Waals surface area contributed by atoms with Crippen molar-refractivity contribution in [2.45, 2.75) is 18.5 Å². The van der Waals surface area contributed by atoms with Gasteiger partial charge in [0.15, 0.2) is 0 Å². The normalized spacial score (nSPS) is 22.4. The number of nitrogens with two attached hydrogens (primary N) is 1. The van der Waals surface area contributed by atoms with Crippen molar-refractivity contribution in [3.8, 4) is 0 Å². The molecule has 0 radical (unpaired) electrons. The average molecular weight is 304 g/mol. The Morgan fingerprint density at radius 3 is 3.11 bits per heavy atom. The molecule has 1 aromatic carbocycles. The third-order valence-corrected chi connectivity index (χ3v) is 4.93. The largest absolute Gasteiger partial charge is 0.300 e. The molecule has 1 heterocycles. The lowest BCUT2D eigenvalue weighted by molar-refractivity contribution is 0.213. The summed E-state index contributed by atoms with van der Waals surface area (Å²) < 4.78 is 13.9. The Kier molecular flexibility index (Phi) is 5.47. The van der Waals surface area contributed by atoms with Crippen LogP contribution in [0.3, 0.4) is 0 Å². The Balaban J connectivity index is 2.12. The van der Waals surface area contributed by atoms with E-state index in [-0.39, 0.29) is 16.9 Å². The fourth-order valence-electron chi connectivity index (χ4n) is 2.38. The zero-order chi connectivity index (χ0) is 13.8. The Morgan fingerprint density at radius 1 is 1.63 bits per heavy atom. The molecule has 1 fully saturated rings. The maximum absolute atomic E-state index is 13.9. The number of halogens is 2. The number of thioether (sulfide) groups is 1. The minimum atomic E-state index is -0.337. The fraction of sp³-hybridized carbons (Fsp3) is 0.538. The second-order valence-corrected chi connectivity index (χ2v) is 6.37. The van der Waals surface area contributed by atoms with Crippen LogP contribution in [0.25, 0.3) is 0 Å². The highest BCUT2D eigenvalue weighted by molar-refractivity contribution is 7.99. The summed E-state index contributed by atoms with van der Waals surface area (Å²) in [4.78, 5) is 2.28. The molecule has 1 aromatic rings. The number of likely N-dealkylation sites (N-methyl/N-ethyl adjacent to an activating group) is 1. The first-order chi connectivity index (χ1) is 9.13. The van der Waals surface area contributed by atoms with Gasteiger partial charge in [0.2, 0.25) is 0 Å². The number of nitrogens with one attached hydrogen (secondary N) is 1. The molecule has 2 rings (SSSR count). The van der Waals surface area contributed by atoms with Gasteiger partial charge in [-0.25, -0.2) is 4.39 Å². The van der Waals surface area contributed by atoms with E-state index in [1.807, 2.05) is 11.8 Å². The molecule has 0 bridgehead atoms. The lowest BCUT2D eigenvalue weighted by atomic mass is 9.99. The maximum Gasteiger partial charge on any atom is 0.145 e. The highest BCUT2D eigenvalue weighted by Crippen LogP contribution is 2.23. The SMILES string of the molecule is CN1CCSCC1C(Cc1cccc(Cl)c1F)NN. The van der Waals surface area contributed by atoms with Crippen molar-refractivity contribution in [3.05, 3.63) is 34.6 Å². The molecule has 19 heavy (non-hydrogen) atoms. The molecule has 1 aliphatic rings. The van der Waals surface area contributed by atoms with E-state index >= 15 is 0 Å². The maximum atomic E-state index is 13.9. The van der Waals surface area contributed by atoms with E-state index in [0.29, 0.717) is 18.0 Å². The quantitative estimate of drug-likeness (QED) is 0.658. The second kappa shape index (κ2) is 6.90. The molecular weight excluding hydrogens is 285 g/mol. The Labute approximate surface area is 122 Å². The van der Waals surface area contributed by atoms with E-state index in [1.54, 1.807) is 18.2 Å². The van der Waals surface area contributed by atoms with Gasteiger partial charge in [-0.3, -0.25) is 11.3 Å². The zero-order valence-electron chi connectivity index (χ0n) is 10.9. The standard InChI is InChI=1S/C13H19ClFN3S/c1-18-5-6-19-8-12(18)11(17-16)7-9-3-2-4-10(14)13(9)15/h2-4,11-12,17H,5-8,16H2,1H3. The molecule has 0 spiro atoms. The predicted octanol–water partition coefficient (Wildman–Crippen LogP) is 1.90. The minimum absolute atomic E-state index is 0.0192. The molecule has 1 aliphatic heterocycles. The van der Waals surface area contributed by atoms with Gasteiger partial charge in [0.1, 0.15) is 5.82 Å². The van der Waals surface area contributed by atoms with Crippen LogP contribution in [0, 0.1) is 5.82 Å². The van der Waals surface area contributed by atoms with Crippen LogP contribution in [0.5, 0.6) is 0 Å². The molecule has 0 saturated carbocycles. The van der Waals surface area contributed by atoms with Crippen LogP contribution in [0.4, 0.5) is 4.39 Å². The van der Waals surface area contributed by atoms with Gasteiger partial charge in [0.05, 0.1) is 5.02 Å². The van der Waals surface area contributed by atoms with Crippen LogP contribution >= 0.6 is 23.4 Å². The number of hydrogen-bond donors (Lipinski definition) is 2. The van der Waals surface area contributed by atoms with Gasteiger partial charge >= 0.3 is 0 Å². The number of nitrogens with zero attached hydrogens (tertiary/aromatic N) is 1. The van der Waals surface area contributed by atoms with E-state index in [2.05, 4.69) is 17.4 Å². The summed E-state index contributed by atoms with van der Waals surface area (Å²) in [5, 5.41) is 0.166. The van der Waals surface area contributed by atoms with E-state index in [4.69, 9.17) is 17.4 Å². The molecule has 3 N–H and O–H groups in total. The molecule has 0 aromatic heterocycles. The third kappa shape index (κ3) is 3.61. The monoisotopic (exact) mass is 303 g/mol. The first kappa shape index (κ1) is 15.1. The second-order valence-electron chi connectivity index (χ2n) is 4.81. The molecular formula is C13H19ClFN3S. The smallest absolute Gasteiger partial charge is 0.145 e. The van der Waals surface area contributed by atoms with Crippen molar-refractivity contribution < 1.29 is 4.39 Å². The van der Waals surface area contributed by atoms with Crippen molar-refractivity contribution >= 4 is 23.4 Å². The van der Waals surface area contributed by atoms with Crippen molar-refractivity contribution in [1.82, 2.24) is 10.3 Å². The van der Waals surface area contributed by atoms with Gasteiger partial charge in [-0.1, -0.05) is 23.7 Å². The first-order valence-electron chi connectivity index (χ1n) is 6.30. The lowest BCUT2D eigenvalue weighted by Gasteiger charge is -2.37. The molecule has 3 nitrogen and oxygen atoms in total. The van der Waals surface area contributed by atoms with Gasteiger partial charge in [-0.05, 0) is 25.1 Å². The number of rotatable bonds is 4.